The summed E-state index contributed by atoms with van der Waals surface area (Å²) >= 11 is 7.49. The Morgan fingerprint density at radius 3 is 3.10 bits per heavy atom. The molecule has 21 heavy (non-hydrogen) atoms. The molecular weight excluding hydrogens is 308 g/mol. The van der Waals surface area contributed by atoms with Crippen LogP contribution in [0.3, 0.4) is 0 Å². The second-order valence-electron chi connectivity index (χ2n) is 4.54. The Kier molecular flexibility index (Phi) is 4.34. The molecule has 0 saturated carbocycles. The zero-order valence-electron chi connectivity index (χ0n) is 11.1. The summed E-state index contributed by atoms with van der Waals surface area (Å²) in [7, 11) is 0. The highest BCUT2D eigenvalue weighted by atomic mass is 35.5. The van der Waals surface area contributed by atoms with Gasteiger partial charge in [-0.1, -0.05) is 41.1 Å². The standard InChI is InChI=1S/C15H13ClN2O2S/c16-11-4-2-1-3-10(11)5-6-14(19)18-15-17-12-7-8-20-9-13(12)21-15/h1-6H,7-9H2,(H,17,18,19)/b6-5+. The molecule has 4 nitrogen and oxygen atoms in total. The van der Waals surface area contributed by atoms with Crippen LogP contribution < -0.4 is 5.32 Å². The zero-order valence-corrected chi connectivity index (χ0v) is 12.7. The minimum atomic E-state index is -0.220. The molecule has 6 heteroatoms. The van der Waals surface area contributed by atoms with E-state index in [0.717, 1.165) is 22.6 Å². The highest BCUT2D eigenvalue weighted by Gasteiger charge is 2.16. The van der Waals surface area contributed by atoms with Crippen LogP contribution in [0.15, 0.2) is 30.3 Å². The Morgan fingerprint density at radius 2 is 2.29 bits per heavy atom. The lowest BCUT2D eigenvalue weighted by Gasteiger charge is -2.08. The molecule has 2 aromatic rings. The Hall–Kier alpha value is -1.69. The summed E-state index contributed by atoms with van der Waals surface area (Å²) in [6.45, 7) is 1.27. The van der Waals surface area contributed by atoms with Gasteiger partial charge in [0.1, 0.15) is 0 Å². The summed E-state index contributed by atoms with van der Waals surface area (Å²) in [5.41, 5.74) is 1.83. The van der Waals surface area contributed by atoms with E-state index in [1.165, 1.54) is 17.4 Å². The van der Waals surface area contributed by atoms with Crippen molar-refractivity contribution in [1.82, 2.24) is 4.98 Å². The van der Waals surface area contributed by atoms with Crippen LogP contribution in [0.25, 0.3) is 6.08 Å². The Balaban J connectivity index is 1.66. The maximum Gasteiger partial charge on any atom is 0.250 e. The number of amides is 1. The van der Waals surface area contributed by atoms with Crippen LogP contribution in [0, 0.1) is 0 Å². The molecule has 0 fully saturated rings. The van der Waals surface area contributed by atoms with Crippen LogP contribution in [0.2, 0.25) is 5.02 Å². The van der Waals surface area contributed by atoms with Gasteiger partial charge in [-0.15, -0.1) is 0 Å². The van der Waals surface area contributed by atoms with Gasteiger partial charge in [-0.05, 0) is 17.7 Å². The Morgan fingerprint density at radius 1 is 1.43 bits per heavy atom. The maximum atomic E-state index is 11.9. The molecule has 108 valence electrons. The van der Waals surface area contributed by atoms with Crippen LogP contribution >= 0.6 is 22.9 Å². The number of fused-ring (bicyclic) bond motifs is 1. The van der Waals surface area contributed by atoms with Crippen LogP contribution in [0.5, 0.6) is 0 Å². The number of benzene rings is 1. The molecule has 3 rings (SSSR count). The number of halogens is 1. The first kappa shape index (κ1) is 14.3. The molecule has 0 aliphatic carbocycles. The van der Waals surface area contributed by atoms with Crippen molar-refractivity contribution in [2.75, 3.05) is 11.9 Å². The average Bonchev–Trinajstić information content (AvgIpc) is 2.88. The van der Waals surface area contributed by atoms with Crippen LogP contribution in [0.1, 0.15) is 16.1 Å². The Labute approximate surface area is 131 Å². The molecule has 0 spiro atoms. The van der Waals surface area contributed by atoms with E-state index >= 15 is 0 Å². The fourth-order valence-corrected chi connectivity index (χ4v) is 3.15. The van der Waals surface area contributed by atoms with Crippen molar-refractivity contribution in [3.63, 3.8) is 0 Å². The van der Waals surface area contributed by atoms with E-state index < -0.39 is 0 Å². The number of hydrogen-bond acceptors (Lipinski definition) is 4. The third kappa shape index (κ3) is 3.50. The van der Waals surface area contributed by atoms with Crippen molar-refractivity contribution in [2.24, 2.45) is 0 Å². The van der Waals surface area contributed by atoms with Crippen molar-refractivity contribution in [1.29, 1.82) is 0 Å². The summed E-state index contributed by atoms with van der Waals surface area (Å²) in [4.78, 5) is 17.4. The lowest BCUT2D eigenvalue weighted by atomic mass is 10.2. The predicted molar refractivity (Wildman–Crippen MR) is 84.6 cm³/mol. The number of rotatable bonds is 3. The molecule has 1 amide bonds. The molecule has 0 bridgehead atoms. The number of thiazole rings is 1. The van der Waals surface area contributed by atoms with Crippen LogP contribution in [-0.2, 0) is 22.6 Å². The smallest absolute Gasteiger partial charge is 0.250 e. The summed E-state index contributed by atoms with van der Waals surface area (Å²) in [6, 6.07) is 7.36. The minimum Gasteiger partial charge on any atom is -0.375 e. The van der Waals surface area contributed by atoms with Gasteiger partial charge in [0.05, 0.1) is 23.8 Å². The monoisotopic (exact) mass is 320 g/mol. The number of anilines is 1. The maximum absolute atomic E-state index is 11.9. The van der Waals surface area contributed by atoms with Crippen molar-refractivity contribution in [2.45, 2.75) is 13.0 Å². The first-order valence-corrected chi connectivity index (χ1v) is 7.72. The number of hydrogen-bond donors (Lipinski definition) is 1. The lowest BCUT2D eigenvalue weighted by Crippen LogP contribution is -2.09. The summed E-state index contributed by atoms with van der Waals surface area (Å²) in [5, 5.41) is 4.00. The van der Waals surface area contributed by atoms with E-state index in [9.17, 15) is 4.79 Å². The van der Waals surface area contributed by atoms with Gasteiger partial charge in [-0.3, -0.25) is 10.1 Å². The molecule has 2 heterocycles. The Bertz CT molecular complexity index is 673. The van der Waals surface area contributed by atoms with Gasteiger partial charge in [0.15, 0.2) is 5.13 Å². The molecular formula is C15H13ClN2O2S. The number of ether oxygens (including phenoxy) is 1. The van der Waals surface area contributed by atoms with E-state index in [0.29, 0.717) is 23.4 Å². The van der Waals surface area contributed by atoms with Crippen molar-refractivity contribution < 1.29 is 9.53 Å². The molecule has 0 radical (unpaired) electrons. The van der Waals surface area contributed by atoms with Gasteiger partial charge in [-0.2, -0.15) is 0 Å². The number of nitrogens with one attached hydrogen (secondary N) is 1. The SMILES string of the molecule is O=C(/C=C/c1ccccc1Cl)Nc1nc2c(s1)COCC2. The minimum absolute atomic E-state index is 0.220. The van der Waals surface area contributed by atoms with Crippen LogP contribution in [0.4, 0.5) is 5.13 Å². The molecule has 0 atom stereocenters. The fourth-order valence-electron chi connectivity index (χ4n) is 2.00. The quantitative estimate of drug-likeness (QED) is 0.880. The molecule has 1 aliphatic heterocycles. The summed E-state index contributed by atoms with van der Waals surface area (Å²) < 4.78 is 5.36. The van der Waals surface area contributed by atoms with E-state index in [1.54, 1.807) is 12.1 Å². The zero-order chi connectivity index (χ0) is 14.7. The van der Waals surface area contributed by atoms with E-state index in [4.69, 9.17) is 16.3 Å². The lowest BCUT2D eigenvalue weighted by molar-refractivity contribution is -0.111. The van der Waals surface area contributed by atoms with Crippen molar-refractivity contribution in [3.8, 4) is 0 Å². The van der Waals surface area contributed by atoms with Gasteiger partial charge in [0, 0.05) is 17.5 Å². The molecule has 1 aromatic heterocycles. The number of aromatic nitrogens is 1. The predicted octanol–water partition coefficient (Wildman–Crippen LogP) is 3.52. The fraction of sp³-hybridized carbons (Fsp3) is 0.200. The summed E-state index contributed by atoms with van der Waals surface area (Å²) in [6.07, 6.45) is 3.95. The second kappa shape index (κ2) is 6.39. The largest absolute Gasteiger partial charge is 0.375 e. The first-order chi connectivity index (χ1) is 10.2. The van der Waals surface area contributed by atoms with Gasteiger partial charge < -0.3 is 4.74 Å². The van der Waals surface area contributed by atoms with Crippen molar-refractivity contribution >= 4 is 40.1 Å². The van der Waals surface area contributed by atoms with Gasteiger partial charge in [0.2, 0.25) is 5.91 Å². The first-order valence-electron chi connectivity index (χ1n) is 6.52. The van der Waals surface area contributed by atoms with Gasteiger partial charge in [0.25, 0.3) is 0 Å². The topological polar surface area (TPSA) is 51.2 Å². The number of carbonyl (C=O) groups is 1. The third-order valence-electron chi connectivity index (χ3n) is 3.04. The highest BCUT2D eigenvalue weighted by Crippen LogP contribution is 2.27. The average molecular weight is 321 g/mol. The van der Waals surface area contributed by atoms with E-state index in [-0.39, 0.29) is 5.91 Å². The molecule has 1 aromatic carbocycles. The van der Waals surface area contributed by atoms with Gasteiger partial charge >= 0.3 is 0 Å². The normalized spacial score (nSPS) is 14.1. The van der Waals surface area contributed by atoms with Crippen LogP contribution in [-0.4, -0.2) is 17.5 Å². The van der Waals surface area contributed by atoms with E-state index in [2.05, 4.69) is 10.3 Å². The highest BCUT2D eigenvalue weighted by molar-refractivity contribution is 7.15. The molecule has 1 aliphatic rings. The third-order valence-corrected chi connectivity index (χ3v) is 4.38. The number of nitrogens with zero attached hydrogens (tertiary/aromatic N) is 1. The van der Waals surface area contributed by atoms with Gasteiger partial charge in [-0.25, -0.2) is 4.98 Å². The number of carbonyl (C=O) groups excluding carboxylic acids is 1. The molecule has 0 unspecified atom stereocenters. The molecule has 0 saturated heterocycles. The summed E-state index contributed by atoms with van der Waals surface area (Å²) in [5.74, 6) is -0.220. The second-order valence-corrected chi connectivity index (χ2v) is 6.03. The van der Waals surface area contributed by atoms with E-state index in [1.807, 2.05) is 18.2 Å². The van der Waals surface area contributed by atoms with Crippen molar-refractivity contribution in [3.05, 3.63) is 51.5 Å². The molecule has 1 N–H and O–H groups in total.